The summed E-state index contributed by atoms with van der Waals surface area (Å²) in [6.45, 7) is 5.65. The smallest absolute Gasteiger partial charge is 0.237 e. The Morgan fingerprint density at radius 1 is 1.39 bits per heavy atom. The fraction of sp³-hybridized carbons (Fsp3) is 0.611. The molecule has 1 N–H and O–H groups in total. The van der Waals surface area contributed by atoms with Crippen LogP contribution in [0.4, 0.5) is 0 Å². The number of piperazine rings is 1. The molecule has 1 aromatic rings. The fourth-order valence-electron chi connectivity index (χ4n) is 3.71. The highest BCUT2D eigenvalue weighted by Crippen LogP contribution is 2.33. The van der Waals surface area contributed by atoms with Crippen LogP contribution in [0.2, 0.25) is 0 Å². The number of likely N-dealkylation sites (N-methyl/N-ethyl adjacent to an activating group) is 1. The maximum absolute atomic E-state index is 12.7. The molecule has 1 aliphatic heterocycles. The Bertz CT molecular complexity index is 537. The largest absolute Gasteiger partial charge is 0.338 e. The number of rotatable bonds is 3. The van der Waals surface area contributed by atoms with Gasteiger partial charge in [-0.1, -0.05) is 24.3 Å². The summed E-state index contributed by atoms with van der Waals surface area (Å²) in [7, 11) is 1.97. The van der Waals surface area contributed by atoms with Crippen molar-refractivity contribution in [3.05, 3.63) is 35.4 Å². The van der Waals surface area contributed by atoms with Gasteiger partial charge >= 0.3 is 0 Å². The standard InChI is InChI=1S/C18H27N3O.ClH/c1-14-12-19-10-11-21(14)13-18(22)20(2)17-9-5-7-15-6-3-4-8-16(15)17;/h3-4,6,8,14,17,19H,5,7,9-13H2,1-2H3;1H/t14-,17?;/m0./s1. The van der Waals surface area contributed by atoms with Gasteiger partial charge in [0.15, 0.2) is 0 Å². The molecule has 5 heteroatoms. The summed E-state index contributed by atoms with van der Waals surface area (Å²) in [5, 5.41) is 3.38. The van der Waals surface area contributed by atoms with Crippen molar-refractivity contribution in [2.24, 2.45) is 0 Å². The quantitative estimate of drug-likeness (QED) is 0.918. The van der Waals surface area contributed by atoms with Crippen molar-refractivity contribution in [1.29, 1.82) is 0 Å². The summed E-state index contributed by atoms with van der Waals surface area (Å²) in [5.74, 6) is 0.246. The summed E-state index contributed by atoms with van der Waals surface area (Å²) in [4.78, 5) is 17.0. The Labute approximate surface area is 145 Å². The predicted molar refractivity (Wildman–Crippen MR) is 96.0 cm³/mol. The zero-order valence-corrected chi connectivity index (χ0v) is 14.9. The third kappa shape index (κ3) is 4.06. The Kier molecular flexibility index (Phi) is 6.45. The van der Waals surface area contributed by atoms with Gasteiger partial charge in [0.1, 0.15) is 0 Å². The molecule has 1 amide bonds. The van der Waals surface area contributed by atoms with E-state index in [1.165, 1.54) is 17.5 Å². The van der Waals surface area contributed by atoms with E-state index >= 15 is 0 Å². The molecule has 128 valence electrons. The first-order chi connectivity index (χ1) is 10.7. The van der Waals surface area contributed by atoms with E-state index in [9.17, 15) is 4.79 Å². The van der Waals surface area contributed by atoms with Gasteiger partial charge in [-0.25, -0.2) is 0 Å². The summed E-state index contributed by atoms with van der Waals surface area (Å²) in [5.41, 5.74) is 2.76. The molecular formula is C18H28ClN3O. The molecule has 1 saturated heterocycles. The minimum Gasteiger partial charge on any atom is -0.338 e. The zero-order chi connectivity index (χ0) is 15.5. The number of halogens is 1. The van der Waals surface area contributed by atoms with E-state index in [0.29, 0.717) is 12.6 Å². The van der Waals surface area contributed by atoms with Crippen molar-refractivity contribution >= 4 is 18.3 Å². The summed E-state index contributed by atoms with van der Waals surface area (Å²) >= 11 is 0. The Morgan fingerprint density at radius 2 is 2.17 bits per heavy atom. The number of nitrogens with zero attached hydrogens (tertiary/aromatic N) is 2. The molecule has 1 unspecified atom stereocenters. The zero-order valence-electron chi connectivity index (χ0n) is 14.1. The van der Waals surface area contributed by atoms with Gasteiger partial charge in [0, 0.05) is 32.7 Å². The van der Waals surface area contributed by atoms with Gasteiger partial charge in [0.05, 0.1) is 12.6 Å². The van der Waals surface area contributed by atoms with E-state index in [1.807, 2.05) is 11.9 Å². The van der Waals surface area contributed by atoms with Crippen molar-refractivity contribution < 1.29 is 4.79 Å². The third-order valence-corrected chi connectivity index (χ3v) is 5.18. The molecule has 1 aromatic carbocycles. The number of benzene rings is 1. The first-order valence-electron chi connectivity index (χ1n) is 8.45. The lowest BCUT2D eigenvalue weighted by Crippen LogP contribution is -2.53. The first kappa shape index (κ1) is 18.2. The van der Waals surface area contributed by atoms with Crippen LogP contribution in [-0.4, -0.2) is 55.0 Å². The number of aryl methyl sites for hydroxylation is 1. The number of amides is 1. The molecule has 0 aromatic heterocycles. The van der Waals surface area contributed by atoms with Gasteiger partial charge in [0.2, 0.25) is 5.91 Å². The van der Waals surface area contributed by atoms with Crippen molar-refractivity contribution in [2.45, 2.75) is 38.3 Å². The maximum Gasteiger partial charge on any atom is 0.237 e. The fourth-order valence-corrected chi connectivity index (χ4v) is 3.71. The van der Waals surface area contributed by atoms with Crippen molar-refractivity contribution in [3.63, 3.8) is 0 Å². The highest BCUT2D eigenvalue weighted by atomic mass is 35.5. The van der Waals surface area contributed by atoms with Crippen molar-refractivity contribution in [3.8, 4) is 0 Å². The average Bonchev–Trinajstić information content (AvgIpc) is 2.55. The normalized spacial score (nSPS) is 24.4. The third-order valence-electron chi connectivity index (χ3n) is 5.18. The number of hydrogen-bond donors (Lipinski definition) is 1. The average molecular weight is 338 g/mol. The van der Waals surface area contributed by atoms with E-state index in [1.54, 1.807) is 0 Å². The van der Waals surface area contributed by atoms with Gasteiger partial charge in [-0.2, -0.15) is 0 Å². The Hall–Kier alpha value is -1.10. The second kappa shape index (κ2) is 8.13. The van der Waals surface area contributed by atoms with Crippen LogP contribution < -0.4 is 5.32 Å². The number of fused-ring (bicyclic) bond motifs is 1. The van der Waals surface area contributed by atoms with Gasteiger partial charge in [0.25, 0.3) is 0 Å². The van der Waals surface area contributed by atoms with Crippen molar-refractivity contribution in [1.82, 2.24) is 15.1 Å². The predicted octanol–water partition coefficient (Wildman–Crippen LogP) is 2.24. The van der Waals surface area contributed by atoms with Crippen LogP contribution in [0.5, 0.6) is 0 Å². The van der Waals surface area contributed by atoms with Crippen LogP contribution in [0.25, 0.3) is 0 Å². The van der Waals surface area contributed by atoms with Gasteiger partial charge in [-0.3, -0.25) is 9.69 Å². The molecule has 2 atom stereocenters. The number of hydrogen-bond acceptors (Lipinski definition) is 3. The molecule has 3 rings (SSSR count). The lowest BCUT2D eigenvalue weighted by Gasteiger charge is -2.37. The number of carbonyl (C=O) groups is 1. The van der Waals surface area contributed by atoms with Crippen LogP contribution in [0.15, 0.2) is 24.3 Å². The molecule has 23 heavy (non-hydrogen) atoms. The molecule has 4 nitrogen and oxygen atoms in total. The monoisotopic (exact) mass is 337 g/mol. The van der Waals surface area contributed by atoms with E-state index < -0.39 is 0 Å². The minimum atomic E-state index is 0. The molecule has 1 aliphatic carbocycles. The SMILES string of the molecule is C[C@H]1CNCCN1CC(=O)N(C)C1CCCc2ccccc21.Cl. The van der Waals surface area contributed by atoms with Gasteiger partial charge in [-0.15, -0.1) is 12.4 Å². The van der Waals surface area contributed by atoms with Gasteiger partial charge in [-0.05, 0) is 37.3 Å². The van der Waals surface area contributed by atoms with Gasteiger partial charge < -0.3 is 10.2 Å². The van der Waals surface area contributed by atoms with Crippen LogP contribution in [0, 0.1) is 0 Å². The topological polar surface area (TPSA) is 35.6 Å². The van der Waals surface area contributed by atoms with Crippen LogP contribution in [0.3, 0.4) is 0 Å². The minimum absolute atomic E-state index is 0. The molecular weight excluding hydrogens is 310 g/mol. The highest BCUT2D eigenvalue weighted by Gasteiger charge is 2.28. The second-order valence-corrected chi connectivity index (χ2v) is 6.64. The van der Waals surface area contributed by atoms with E-state index in [2.05, 4.69) is 41.4 Å². The van der Waals surface area contributed by atoms with E-state index in [4.69, 9.17) is 0 Å². The molecule has 0 bridgehead atoms. The molecule has 1 heterocycles. The first-order valence-corrected chi connectivity index (χ1v) is 8.45. The van der Waals surface area contributed by atoms with Crippen LogP contribution in [0.1, 0.15) is 36.9 Å². The summed E-state index contributed by atoms with van der Waals surface area (Å²) < 4.78 is 0. The lowest BCUT2D eigenvalue weighted by molar-refractivity contribution is -0.134. The van der Waals surface area contributed by atoms with Crippen molar-refractivity contribution in [2.75, 3.05) is 33.2 Å². The molecule has 0 radical (unpaired) electrons. The lowest BCUT2D eigenvalue weighted by atomic mass is 9.87. The highest BCUT2D eigenvalue weighted by molar-refractivity contribution is 5.85. The molecule has 0 spiro atoms. The van der Waals surface area contributed by atoms with Crippen LogP contribution >= 0.6 is 12.4 Å². The van der Waals surface area contributed by atoms with E-state index in [-0.39, 0.29) is 24.4 Å². The molecule has 0 saturated carbocycles. The second-order valence-electron chi connectivity index (χ2n) is 6.64. The maximum atomic E-state index is 12.7. The Balaban J connectivity index is 0.00000192. The molecule has 2 aliphatic rings. The summed E-state index contributed by atoms with van der Waals surface area (Å²) in [6.07, 6.45) is 3.39. The number of carbonyl (C=O) groups excluding carboxylic acids is 1. The van der Waals surface area contributed by atoms with Crippen LogP contribution in [-0.2, 0) is 11.2 Å². The number of nitrogens with one attached hydrogen (secondary N) is 1. The summed E-state index contributed by atoms with van der Waals surface area (Å²) in [6, 6.07) is 9.27. The molecule has 1 fully saturated rings. The Morgan fingerprint density at radius 3 is 2.96 bits per heavy atom. The van der Waals surface area contributed by atoms with E-state index in [0.717, 1.165) is 32.5 Å².